The van der Waals surface area contributed by atoms with Crippen LogP contribution in [0.4, 0.5) is 4.79 Å². The highest BCUT2D eigenvalue weighted by Crippen LogP contribution is 2.27. The van der Waals surface area contributed by atoms with Crippen molar-refractivity contribution in [3.05, 3.63) is 23.8 Å². The van der Waals surface area contributed by atoms with Crippen LogP contribution in [0.1, 0.15) is 19.4 Å². The van der Waals surface area contributed by atoms with Crippen molar-refractivity contribution in [2.75, 3.05) is 26.9 Å². The third kappa shape index (κ3) is 6.68. The Morgan fingerprint density at radius 3 is 2.70 bits per heavy atom. The quantitative estimate of drug-likeness (QED) is 0.555. The number of carbonyl (C=O) groups is 2. The maximum absolute atomic E-state index is 11.4. The Balaban J connectivity index is 2.66. The summed E-state index contributed by atoms with van der Waals surface area (Å²) < 4.78 is 15.3. The lowest BCUT2D eigenvalue weighted by atomic mass is 10.2. The van der Waals surface area contributed by atoms with E-state index in [9.17, 15) is 9.59 Å². The molecule has 0 radical (unpaired) electrons. The molecule has 23 heavy (non-hydrogen) atoms. The number of hydrogen-bond acceptors (Lipinski definition) is 6. The zero-order valence-corrected chi connectivity index (χ0v) is 13.4. The molecule has 8 nitrogen and oxygen atoms in total. The molecular formula is C15H21N3O5. The van der Waals surface area contributed by atoms with Crippen LogP contribution in [0.5, 0.6) is 11.5 Å². The van der Waals surface area contributed by atoms with E-state index in [4.69, 9.17) is 9.47 Å². The molecule has 0 unspecified atom stereocenters. The van der Waals surface area contributed by atoms with Gasteiger partial charge in [-0.2, -0.15) is 5.10 Å². The van der Waals surface area contributed by atoms with E-state index in [1.807, 2.05) is 6.92 Å². The minimum atomic E-state index is -0.627. The monoisotopic (exact) mass is 323 g/mol. The molecule has 2 N–H and O–H groups in total. The summed E-state index contributed by atoms with van der Waals surface area (Å²) in [5.74, 6) is 0.683. The van der Waals surface area contributed by atoms with Gasteiger partial charge in [-0.3, -0.25) is 4.79 Å². The molecule has 0 atom stereocenters. The molecule has 0 saturated heterocycles. The summed E-state index contributed by atoms with van der Waals surface area (Å²) in [6, 6.07) is 5.04. The van der Waals surface area contributed by atoms with Gasteiger partial charge in [-0.25, -0.2) is 10.2 Å². The van der Waals surface area contributed by atoms with Gasteiger partial charge in [0.15, 0.2) is 18.1 Å². The largest absolute Gasteiger partial charge is 0.493 e. The van der Waals surface area contributed by atoms with Gasteiger partial charge in [-0.15, -0.1) is 0 Å². The Labute approximate surface area is 134 Å². The lowest BCUT2D eigenvalue weighted by Gasteiger charge is -2.11. The number of nitrogens with zero attached hydrogens (tertiary/aromatic N) is 1. The van der Waals surface area contributed by atoms with Gasteiger partial charge in [0.1, 0.15) is 0 Å². The fourth-order valence-electron chi connectivity index (χ4n) is 1.60. The predicted octanol–water partition coefficient (Wildman–Crippen LogP) is 1.29. The summed E-state index contributed by atoms with van der Waals surface area (Å²) in [6.07, 6.45) is 0.810. The second-order valence-electron chi connectivity index (χ2n) is 4.24. The van der Waals surface area contributed by atoms with Crippen molar-refractivity contribution >= 4 is 18.2 Å². The first-order valence-corrected chi connectivity index (χ1v) is 7.14. The number of amides is 2. The van der Waals surface area contributed by atoms with E-state index >= 15 is 0 Å². The lowest BCUT2D eigenvalue weighted by Crippen LogP contribution is -2.28. The molecule has 0 bridgehead atoms. The molecule has 1 aromatic carbocycles. The van der Waals surface area contributed by atoms with E-state index < -0.39 is 6.09 Å². The Kier molecular flexibility index (Phi) is 7.98. The highest BCUT2D eigenvalue weighted by atomic mass is 16.5. The Morgan fingerprint density at radius 1 is 1.26 bits per heavy atom. The zero-order chi connectivity index (χ0) is 17.1. The Morgan fingerprint density at radius 2 is 2.04 bits per heavy atom. The van der Waals surface area contributed by atoms with Crippen LogP contribution >= 0.6 is 0 Å². The molecule has 0 saturated carbocycles. The van der Waals surface area contributed by atoms with E-state index in [1.165, 1.54) is 13.3 Å². The van der Waals surface area contributed by atoms with Crippen molar-refractivity contribution in [1.29, 1.82) is 0 Å². The SMILES string of the molecule is CCNC(=O)COc1ccc(/C=N\NC(=O)OCC)cc1OC. The summed E-state index contributed by atoms with van der Waals surface area (Å²) >= 11 is 0. The van der Waals surface area contributed by atoms with Gasteiger partial charge in [0.2, 0.25) is 0 Å². The minimum Gasteiger partial charge on any atom is -0.493 e. The second kappa shape index (κ2) is 10.0. The first-order chi connectivity index (χ1) is 11.1. The number of ether oxygens (including phenoxy) is 3. The number of carbonyl (C=O) groups excluding carboxylic acids is 2. The van der Waals surface area contributed by atoms with Crippen LogP contribution in [0, 0.1) is 0 Å². The van der Waals surface area contributed by atoms with Gasteiger partial charge in [0.25, 0.3) is 5.91 Å². The van der Waals surface area contributed by atoms with Gasteiger partial charge < -0.3 is 19.5 Å². The third-order valence-electron chi connectivity index (χ3n) is 2.57. The molecule has 0 spiro atoms. The molecule has 0 fully saturated rings. The van der Waals surface area contributed by atoms with Crippen molar-refractivity contribution in [2.24, 2.45) is 5.10 Å². The van der Waals surface area contributed by atoms with Gasteiger partial charge in [-0.1, -0.05) is 0 Å². The fraction of sp³-hybridized carbons (Fsp3) is 0.400. The summed E-state index contributed by atoms with van der Waals surface area (Å²) in [7, 11) is 1.49. The topological polar surface area (TPSA) is 98.2 Å². The number of hydrogen-bond donors (Lipinski definition) is 2. The molecule has 0 aromatic heterocycles. The van der Waals surface area contributed by atoms with Crippen molar-refractivity contribution in [1.82, 2.24) is 10.7 Å². The summed E-state index contributed by atoms with van der Waals surface area (Å²) in [5, 5.41) is 6.39. The summed E-state index contributed by atoms with van der Waals surface area (Å²) in [6.45, 7) is 4.25. The molecule has 0 aliphatic heterocycles. The van der Waals surface area contributed by atoms with Crippen molar-refractivity contribution in [3.8, 4) is 11.5 Å². The average Bonchev–Trinajstić information content (AvgIpc) is 2.54. The van der Waals surface area contributed by atoms with E-state index in [1.54, 1.807) is 25.1 Å². The van der Waals surface area contributed by atoms with Crippen LogP contribution in [0.15, 0.2) is 23.3 Å². The van der Waals surface area contributed by atoms with E-state index in [2.05, 4.69) is 20.6 Å². The molecule has 1 rings (SSSR count). The molecule has 2 amide bonds. The smallest absolute Gasteiger partial charge is 0.427 e. The van der Waals surface area contributed by atoms with E-state index in [-0.39, 0.29) is 19.1 Å². The van der Waals surface area contributed by atoms with Gasteiger partial charge in [0, 0.05) is 6.54 Å². The number of methoxy groups -OCH3 is 1. The van der Waals surface area contributed by atoms with Gasteiger partial charge >= 0.3 is 6.09 Å². The molecule has 0 aliphatic carbocycles. The number of nitrogens with one attached hydrogen (secondary N) is 2. The maximum atomic E-state index is 11.4. The van der Waals surface area contributed by atoms with Gasteiger partial charge in [-0.05, 0) is 37.6 Å². The number of benzene rings is 1. The molecule has 1 aromatic rings. The van der Waals surface area contributed by atoms with Crippen LogP contribution in [-0.2, 0) is 9.53 Å². The minimum absolute atomic E-state index is 0.0952. The number of hydrazone groups is 1. The highest BCUT2D eigenvalue weighted by Gasteiger charge is 2.07. The molecule has 126 valence electrons. The predicted molar refractivity (Wildman–Crippen MR) is 84.9 cm³/mol. The van der Waals surface area contributed by atoms with Crippen LogP contribution in [0.3, 0.4) is 0 Å². The Hall–Kier alpha value is -2.77. The highest BCUT2D eigenvalue weighted by molar-refractivity contribution is 5.82. The standard InChI is InChI=1S/C15H21N3O5/c1-4-16-14(19)10-23-12-7-6-11(8-13(12)21-3)9-17-18-15(20)22-5-2/h6-9H,4-5,10H2,1-3H3,(H,16,19)(H,18,20)/b17-9-. The molecular weight excluding hydrogens is 302 g/mol. The third-order valence-corrected chi connectivity index (χ3v) is 2.57. The van der Waals surface area contributed by atoms with E-state index in [0.717, 1.165) is 0 Å². The van der Waals surface area contributed by atoms with Crippen LogP contribution in [0.25, 0.3) is 0 Å². The second-order valence-corrected chi connectivity index (χ2v) is 4.24. The van der Waals surface area contributed by atoms with Crippen molar-refractivity contribution in [2.45, 2.75) is 13.8 Å². The molecule has 8 heteroatoms. The van der Waals surface area contributed by atoms with Crippen LogP contribution in [-0.4, -0.2) is 45.1 Å². The lowest BCUT2D eigenvalue weighted by molar-refractivity contribution is -0.123. The normalized spacial score (nSPS) is 10.2. The maximum Gasteiger partial charge on any atom is 0.427 e. The van der Waals surface area contributed by atoms with E-state index in [0.29, 0.717) is 23.6 Å². The summed E-state index contributed by atoms with van der Waals surface area (Å²) in [5.41, 5.74) is 2.91. The molecule has 0 heterocycles. The first-order valence-electron chi connectivity index (χ1n) is 7.14. The zero-order valence-electron chi connectivity index (χ0n) is 13.4. The van der Waals surface area contributed by atoms with Crippen molar-refractivity contribution < 1.29 is 23.8 Å². The van der Waals surface area contributed by atoms with Crippen LogP contribution < -0.4 is 20.2 Å². The fourth-order valence-corrected chi connectivity index (χ4v) is 1.60. The van der Waals surface area contributed by atoms with Crippen LogP contribution in [0.2, 0.25) is 0 Å². The number of rotatable bonds is 8. The summed E-state index contributed by atoms with van der Waals surface area (Å²) in [4.78, 5) is 22.5. The molecule has 0 aliphatic rings. The first kappa shape index (κ1) is 18.3. The van der Waals surface area contributed by atoms with Crippen molar-refractivity contribution in [3.63, 3.8) is 0 Å². The number of likely N-dealkylation sites (N-methyl/N-ethyl adjacent to an activating group) is 1. The van der Waals surface area contributed by atoms with Gasteiger partial charge in [0.05, 0.1) is 19.9 Å². The Bertz CT molecular complexity index is 560. The average molecular weight is 323 g/mol.